The molecule has 2 aromatic heterocycles. The first-order valence-electron chi connectivity index (χ1n) is 7.14. The summed E-state index contributed by atoms with van der Waals surface area (Å²) in [5.41, 5.74) is 0.690. The topological polar surface area (TPSA) is 115 Å². The minimum absolute atomic E-state index is 0.0657. The molecular weight excluding hydrogens is 348 g/mol. The minimum Gasteiger partial charge on any atom is -0.477 e. The number of benzene rings is 1. The van der Waals surface area contributed by atoms with Gasteiger partial charge in [0.15, 0.2) is 5.69 Å². The lowest BCUT2D eigenvalue weighted by atomic mass is 10.2. The Morgan fingerprint density at radius 1 is 1.28 bits per heavy atom. The fourth-order valence-corrected chi connectivity index (χ4v) is 2.36. The second-order valence-electron chi connectivity index (χ2n) is 5.18. The number of nitrogens with one attached hydrogen (secondary N) is 1. The fourth-order valence-electron chi connectivity index (χ4n) is 2.23. The Hall–Kier alpha value is -3.20. The predicted molar refractivity (Wildman–Crippen MR) is 88.7 cm³/mol. The van der Waals surface area contributed by atoms with E-state index in [4.69, 9.17) is 16.7 Å². The van der Waals surface area contributed by atoms with Gasteiger partial charge in [0, 0.05) is 12.1 Å². The second kappa shape index (κ2) is 6.73. The molecule has 128 valence electrons. The Morgan fingerprint density at radius 2 is 2.00 bits per heavy atom. The number of carbonyl (C=O) groups excluding carboxylic acids is 1. The van der Waals surface area contributed by atoms with Crippen LogP contribution in [0.25, 0.3) is 0 Å². The van der Waals surface area contributed by atoms with E-state index in [0.717, 1.165) is 10.2 Å². The maximum absolute atomic E-state index is 12.2. The van der Waals surface area contributed by atoms with E-state index in [1.54, 1.807) is 16.8 Å². The summed E-state index contributed by atoms with van der Waals surface area (Å²) in [5.74, 6) is -1.82. The van der Waals surface area contributed by atoms with Gasteiger partial charge in [-0.3, -0.25) is 14.8 Å². The number of carboxylic acid groups (broad SMARTS) is 1. The van der Waals surface area contributed by atoms with E-state index < -0.39 is 11.9 Å². The van der Waals surface area contributed by atoms with Crippen molar-refractivity contribution in [2.45, 2.75) is 6.54 Å². The predicted octanol–water partition coefficient (Wildman–Crippen LogP) is 1.66. The number of hydrogen-bond donors (Lipinski definition) is 2. The Bertz CT molecular complexity index is 931. The molecule has 0 unspecified atom stereocenters. The van der Waals surface area contributed by atoms with Gasteiger partial charge in [0.2, 0.25) is 5.95 Å². The van der Waals surface area contributed by atoms with E-state index in [1.165, 1.54) is 19.6 Å². The van der Waals surface area contributed by atoms with Gasteiger partial charge in [-0.15, -0.1) is 5.10 Å². The zero-order valence-electron chi connectivity index (χ0n) is 13.0. The molecular formula is C15H13ClN6O3. The summed E-state index contributed by atoms with van der Waals surface area (Å²) in [4.78, 5) is 27.4. The lowest BCUT2D eigenvalue weighted by Gasteiger charge is -2.02. The molecule has 2 N–H and O–H groups in total. The third-order valence-electron chi connectivity index (χ3n) is 3.41. The van der Waals surface area contributed by atoms with Crippen molar-refractivity contribution in [3.05, 3.63) is 58.6 Å². The van der Waals surface area contributed by atoms with Crippen LogP contribution in [-0.4, -0.2) is 41.5 Å². The number of aryl methyl sites for hydroxylation is 1. The SMILES string of the molecule is Cn1ncc(C(=O)Nc2ncn(Cc3ccc(Cl)cc3)n2)c1C(=O)O. The van der Waals surface area contributed by atoms with Gasteiger partial charge in [-0.2, -0.15) is 5.10 Å². The number of hydrogen-bond acceptors (Lipinski definition) is 5. The number of carbonyl (C=O) groups is 2. The largest absolute Gasteiger partial charge is 0.477 e. The number of carboxylic acids is 1. The maximum atomic E-state index is 12.2. The summed E-state index contributed by atoms with van der Waals surface area (Å²) in [6.45, 7) is 0.452. The number of halogens is 1. The molecule has 0 bridgehead atoms. The highest BCUT2D eigenvalue weighted by atomic mass is 35.5. The van der Waals surface area contributed by atoms with E-state index in [2.05, 4.69) is 20.5 Å². The molecule has 1 amide bonds. The molecule has 0 spiro atoms. The van der Waals surface area contributed by atoms with Crippen molar-refractivity contribution in [2.24, 2.45) is 7.05 Å². The molecule has 0 fully saturated rings. The molecule has 0 aliphatic carbocycles. The van der Waals surface area contributed by atoms with Crippen LogP contribution in [0.5, 0.6) is 0 Å². The number of amides is 1. The molecule has 0 atom stereocenters. The van der Waals surface area contributed by atoms with Crippen LogP contribution in [0, 0.1) is 0 Å². The Balaban J connectivity index is 1.72. The molecule has 10 heteroatoms. The van der Waals surface area contributed by atoms with E-state index in [0.29, 0.717) is 11.6 Å². The standard InChI is InChI=1S/C15H13ClN6O3/c1-21-12(14(24)25)11(6-18-21)13(23)19-15-17-8-22(20-15)7-9-2-4-10(16)5-3-9/h2-6,8H,7H2,1H3,(H,24,25)(H,19,20,23). The molecule has 9 nitrogen and oxygen atoms in total. The van der Waals surface area contributed by atoms with Gasteiger partial charge in [-0.25, -0.2) is 14.5 Å². The van der Waals surface area contributed by atoms with Crippen LogP contribution in [-0.2, 0) is 13.6 Å². The Labute approximate surface area is 146 Å². The first kappa shape index (κ1) is 16.7. The number of rotatable bonds is 5. The number of aromatic carboxylic acids is 1. The summed E-state index contributed by atoms with van der Waals surface area (Å²) in [6, 6.07) is 7.26. The number of anilines is 1. The molecule has 1 aromatic carbocycles. The van der Waals surface area contributed by atoms with Gasteiger partial charge in [0.05, 0.1) is 18.3 Å². The zero-order chi connectivity index (χ0) is 18.0. The van der Waals surface area contributed by atoms with Gasteiger partial charge >= 0.3 is 5.97 Å². The van der Waals surface area contributed by atoms with Crippen LogP contribution in [0.2, 0.25) is 5.02 Å². The molecule has 2 heterocycles. The van der Waals surface area contributed by atoms with Crippen LogP contribution in [0.4, 0.5) is 5.95 Å². The highest BCUT2D eigenvalue weighted by molar-refractivity contribution is 6.30. The van der Waals surface area contributed by atoms with Crippen LogP contribution >= 0.6 is 11.6 Å². The van der Waals surface area contributed by atoms with E-state index in [1.807, 2.05) is 12.1 Å². The summed E-state index contributed by atoms with van der Waals surface area (Å²) in [6.07, 6.45) is 2.65. The average molecular weight is 361 g/mol. The van der Waals surface area contributed by atoms with E-state index in [9.17, 15) is 9.59 Å². The molecule has 3 rings (SSSR count). The van der Waals surface area contributed by atoms with Crippen LogP contribution in [0.3, 0.4) is 0 Å². The maximum Gasteiger partial charge on any atom is 0.354 e. The van der Waals surface area contributed by atoms with Crippen molar-refractivity contribution in [1.82, 2.24) is 24.5 Å². The van der Waals surface area contributed by atoms with Crippen molar-refractivity contribution >= 4 is 29.4 Å². The fraction of sp³-hybridized carbons (Fsp3) is 0.133. The molecule has 25 heavy (non-hydrogen) atoms. The van der Waals surface area contributed by atoms with Crippen molar-refractivity contribution in [1.29, 1.82) is 0 Å². The molecule has 0 saturated heterocycles. The van der Waals surface area contributed by atoms with Gasteiger partial charge in [-0.1, -0.05) is 23.7 Å². The highest BCUT2D eigenvalue weighted by Crippen LogP contribution is 2.12. The summed E-state index contributed by atoms with van der Waals surface area (Å²) >= 11 is 5.84. The van der Waals surface area contributed by atoms with Gasteiger partial charge in [0.25, 0.3) is 5.91 Å². The van der Waals surface area contributed by atoms with Crippen LogP contribution in [0.15, 0.2) is 36.8 Å². The molecule has 3 aromatic rings. The quantitative estimate of drug-likeness (QED) is 0.715. The van der Waals surface area contributed by atoms with E-state index in [-0.39, 0.29) is 17.2 Å². The summed E-state index contributed by atoms with van der Waals surface area (Å²) < 4.78 is 2.66. The smallest absolute Gasteiger partial charge is 0.354 e. The molecule has 0 aliphatic heterocycles. The normalized spacial score (nSPS) is 10.6. The number of nitrogens with zero attached hydrogens (tertiary/aromatic N) is 5. The monoisotopic (exact) mass is 360 g/mol. The second-order valence-corrected chi connectivity index (χ2v) is 5.62. The Kier molecular flexibility index (Phi) is 4.48. The summed E-state index contributed by atoms with van der Waals surface area (Å²) in [7, 11) is 1.44. The van der Waals surface area contributed by atoms with Crippen molar-refractivity contribution in [2.75, 3.05) is 5.32 Å². The molecule has 0 radical (unpaired) electrons. The average Bonchev–Trinajstić information content (AvgIpc) is 3.16. The summed E-state index contributed by atoms with van der Waals surface area (Å²) in [5, 5.41) is 20.2. The van der Waals surface area contributed by atoms with Crippen LogP contribution in [0.1, 0.15) is 26.4 Å². The molecule has 0 saturated carbocycles. The Morgan fingerprint density at radius 3 is 2.68 bits per heavy atom. The zero-order valence-corrected chi connectivity index (χ0v) is 13.8. The molecule has 0 aliphatic rings. The number of aromatic nitrogens is 5. The van der Waals surface area contributed by atoms with Crippen molar-refractivity contribution in [3.63, 3.8) is 0 Å². The van der Waals surface area contributed by atoms with E-state index >= 15 is 0 Å². The van der Waals surface area contributed by atoms with Crippen molar-refractivity contribution < 1.29 is 14.7 Å². The highest BCUT2D eigenvalue weighted by Gasteiger charge is 2.22. The van der Waals surface area contributed by atoms with Gasteiger partial charge < -0.3 is 5.11 Å². The third kappa shape index (κ3) is 3.66. The van der Waals surface area contributed by atoms with Crippen molar-refractivity contribution in [3.8, 4) is 0 Å². The first-order chi connectivity index (χ1) is 11.9. The van der Waals surface area contributed by atoms with Gasteiger partial charge in [0.1, 0.15) is 6.33 Å². The minimum atomic E-state index is -1.24. The third-order valence-corrected chi connectivity index (χ3v) is 3.66. The van der Waals surface area contributed by atoms with Crippen LogP contribution < -0.4 is 5.32 Å². The first-order valence-corrected chi connectivity index (χ1v) is 7.52. The lowest BCUT2D eigenvalue weighted by molar-refractivity contribution is 0.0680. The van der Waals surface area contributed by atoms with Gasteiger partial charge in [-0.05, 0) is 17.7 Å². The lowest BCUT2D eigenvalue weighted by Crippen LogP contribution is -2.18.